The first kappa shape index (κ1) is 20.4. The Bertz CT molecular complexity index is 192. The minimum atomic E-state index is -4.64. The van der Waals surface area contributed by atoms with Gasteiger partial charge in [0, 0.05) is 6.08 Å². The van der Waals surface area contributed by atoms with Gasteiger partial charge in [-0.25, -0.2) is 9.36 Å². The molecule has 0 amide bonds. The van der Waals surface area contributed by atoms with Crippen LogP contribution < -0.4 is 51.4 Å². The molecule has 0 saturated heterocycles. The van der Waals surface area contributed by atoms with Crippen LogP contribution in [0.15, 0.2) is 12.7 Å². The quantitative estimate of drug-likeness (QED) is 0.166. The summed E-state index contributed by atoms with van der Waals surface area (Å²) >= 11 is 0. The maximum atomic E-state index is 10.2. The summed E-state index contributed by atoms with van der Waals surface area (Å²) in [5.74, 6) is -0.396. The maximum Gasteiger partial charge on any atom is 1.00 e. The molecule has 0 aliphatic heterocycles. The second-order valence-electron chi connectivity index (χ2n) is 1.73. The van der Waals surface area contributed by atoms with Crippen molar-refractivity contribution in [3.8, 4) is 0 Å². The zero-order valence-electron chi connectivity index (χ0n) is 8.08. The molecular weight excluding hydrogens is 238 g/mol. The van der Waals surface area contributed by atoms with Crippen LogP contribution in [0.4, 0.5) is 0 Å². The second kappa shape index (κ2) is 12.0. The van der Waals surface area contributed by atoms with Crippen LogP contribution in [0.2, 0.25) is 0 Å². The summed E-state index contributed by atoms with van der Waals surface area (Å²) < 4.78 is 13.3. The van der Waals surface area contributed by atoms with E-state index in [1.54, 1.807) is 0 Å². The van der Waals surface area contributed by atoms with Crippen molar-refractivity contribution in [2.45, 2.75) is 13.3 Å². The van der Waals surface area contributed by atoms with Crippen LogP contribution in [-0.2, 0) is 14.1 Å². The van der Waals surface area contributed by atoms with Gasteiger partial charge in [0.15, 0.2) is 0 Å². The number of esters is 1. The molecule has 6 nitrogen and oxygen atoms in total. The third kappa shape index (κ3) is 38.3. The molecule has 0 radical (unpaired) electrons. The Morgan fingerprint density at radius 1 is 1.57 bits per heavy atom. The molecule has 0 saturated carbocycles. The van der Waals surface area contributed by atoms with Crippen LogP contribution in [0.3, 0.4) is 0 Å². The minimum Gasteiger partial charge on any atom is -0.634 e. The van der Waals surface area contributed by atoms with Crippen molar-refractivity contribution in [3.05, 3.63) is 19.3 Å². The van der Waals surface area contributed by atoms with Crippen LogP contribution in [0.5, 0.6) is 0 Å². The monoisotopic (exact) mass is 250 g/mol. The Kier molecular flexibility index (Phi) is 17.5. The minimum absolute atomic E-state index is 0. The van der Waals surface area contributed by atoms with Crippen molar-refractivity contribution in [2.75, 3.05) is 0 Å². The smallest absolute Gasteiger partial charge is 0.634 e. The van der Waals surface area contributed by atoms with Gasteiger partial charge < -0.3 is 19.4 Å². The summed E-state index contributed by atoms with van der Waals surface area (Å²) in [5, 5.41) is 0. The van der Waals surface area contributed by atoms with Gasteiger partial charge in [0.2, 0.25) is 0 Å². The van der Waals surface area contributed by atoms with E-state index in [9.17, 15) is 4.79 Å². The topological polar surface area (TPSA) is 104 Å². The first-order valence-corrected chi connectivity index (χ1v) is 4.80. The average Bonchev–Trinajstić information content (AvgIpc) is 1.97. The SMILES string of the molecule is C=CC(=O)O[CH-]CC.O=P(O)(O)O.[K+]. The molecule has 0 aliphatic carbocycles. The number of carbonyl (C=O) groups is 1. The largest absolute Gasteiger partial charge is 1.00 e. The van der Waals surface area contributed by atoms with Gasteiger partial charge in [0.05, 0.1) is 0 Å². The Labute approximate surface area is 125 Å². The fraction of sp³-hybridized carbons (Fsp3) is 0.333. The van der Waals surface area contributed by atoms with Gasteiger partial charge in [-0.2, -0.15) is 6.61 Å². The van der Waals surface area contributed by atoms with Gasteiger partial charge in [-0.3, -0.25) is 0 Å². The molecule has 0 rings (SSSR count). The standard InChI is InChI=1S/C6H9O2.K.H3O4P/c1-3-5-8-6(7)4-2;;1-5(2,3)4/h4-5H,2-3H2,1H3;;(H3,1,2,3,4)/q-1;+1;. The molecule has 0 aromatic rings. The van der Waals surface area contributed by atoms with E-state index in [0.717, 1.165) is 12.5 Å². The first-order chi connectivity index (χ1) is 5.81. The molecule has 0 aromatic carbocycles. The molecule has 0 spiro atoms. The van der Waals surface area contributed by atoms with E-state index < -0.39 is 13.8 Å². The second-order valence-corrected chi connectivity index (χ2v) is 2.76. The van der Waals surface area contributed by atoms with Crippen LogP contribution in [0, 0.1) is 6.61 Å². The number of hydrogen-bond acceptors (Lipinski definition) is 3. The molecule has 0 heterocycles. The van der Waals surface area contributed by atoms with Crippen molar-refractivity contribution in [2.24, 2.45) is 0 Å². The van der Waals surface area contributed by atoms with E-state index in [-0.39, 0.29) is 51.4 Å². The summed E-state index contributed by atoms with van der Waals surface area (Å²) in [6.07, 6.45) is 1.87. The number of phosphoric acid groups is 1. The van der Waals surface area contributed by atoms with E-state index in [2.05, 4.69) is 11.3 Å². The zero-order valence-corrected chi connectivity index (χ0v) is 12.1. The zero-order chi connectivity index (χ0) is 10.9. The van der Waals surface area contributed by atoms with Gasteiger partial charge in [-0.05, 0) is 0 Å². The molecule has 78 valence electrons. The summed E-state index contributed by atoms with van der Waals surface area (Å²) in [6.45, 7) is 6.54. The normalized spacial score (nSPS) is 8.86. The summed E-state index contributed by atoms with van der Waals surface area (Å²) in [5.41, 5.74) is 0. The van der Waals surface area contributed by atoms with E-state index >= 15 is 0 Å². The molecular formula is C6H12KO6P. The van der Waals surface area contributed by atoms with Crippen molar-refractivity contribution in [3.63, 3.8) is 0 Å². The van der Waals surface area contributed by atoms with Crippen LogP contribution in [-0.4, -0.2) is 20.6 Å². The van der Waals surface area contributed by atoms with Crippen LogP contribution in [0.25, 0.3) is 0 Å². The molecule has 0 unspecified atom stereocenters. The number of carbonyl (C=O) groups excluding carboxylic acids is 1. The van der Waals surface area contributed by atoms with Crippen LogP contribution in [0.1, 0.15) is 13.3 Å². The first-order valence-electron chi connectivity index (χ1n) is 3.24. The van der Waals surface area contributed by atoms with Crippen molar-refractivity contribution in [1.82, 2.24) is 0 Å². The van der Waals surface area contributed by atoms with Crippen molar-refractivity contribution >= 4 is 13.8 Å². The molecule has 0 aliphatic rings. The predicted octanol–water partition coefficient (Wildman–Crippen LogP) is -2.64. The molecule has 0 aromatic heterocycles. The van der Waals surface area contributed by atoms with Gasteiger partial charge in [0.25, 0.3) is 5.97 Å². The van der Waals surface area contributed by atoms with E-state index in [4.69, 9.17) is 19.2 Å². The number of rotatable bonds is 3. The third-order valence-corrected chi connectivity index (χ3v) is 0.533. The molecule has 14 heavy (non-hydrogen) atoms. The number of ether oxygens (including phenoxy) is 1. The molecule has 0 bridgehead atoms. The third-order valence-electron chi connectivity index (χ3n) is 0.533. The molecule has 0 atom stereocenters. The van der Waals surface area contributed by atoms with Crippen molar-refractivity contribution in [1.29, 1.82) is 0 Å². The summed E-state index contributed by atoms with van der Waals surface area (Å²) in [4.78, 5) is 31.8. The fourth-order valence-corrected chi connectivity index (χ4v) is 0.214. The predicted molar refractivity (Wildman–Crippen MR) is 45.1 cm³/mol. The average molecular weight is 250 g/mol. The summed E-state index contributed by atoms with van der Waals surface area (Å²) in [7, 11) is -4.64. The fourth-order valence-electron chi connectivity index (χ4n) is 0.214. The van der Waals surface area contributed by atoms with Crippen molar-refractivity contribution < 1.29 is 80.2 Å². The van der Waals surface area contributed by atoms with E-state index in [1.807, 2.05) is 6.92 Å². The van der Waals surface area contributed by atoms with Gasteiger partial charge >= 0.3 is 59.2 Å². The van der Waals surface area contributed by atoms with Crippen LogP contribution >= 0.6 is 7.82 Å². The Morgan fingerprint density at radius 2 is 1.93 bits per heavy atom. The van der Waals surface area contributed by atoms with E-state index in [0.29, 0.717) is 0 Å². The summed E-state index contributed by atoms with van der Waals surface area (Å²) in [6, 6.07) is 0. The Morgan fingerprint density at radius 3 is 2.14 bits per heavy atom. The van der Waals surface area contributed by atoms with Gasteiger partial charge in [-0.1, -0.05) is 13.5 Å². The molecule has 0 fully saturated rings. The Hall–Kier alpha value is 0.956. The Balaban J connectivity index is -0.000000177. The maximum absolute atomic E-state index is 10.2. The van der Waals surface area contributed by atoms with Gasteiger partial charge in [0.1, 0.15) is 0 Å². The number of hydrogen-bond donors (Lipinski definition) is 3. The molecule has 3 N–H and O–H groups in total. The molecule has 8 heteroatoms. The van der Waals surface area contributed by atoms with Gasteiger partial charge in [-0.15, -0.1) is 6.42 Å². The van der Waals surface area contributed by atoms with E-state index in [1.165, 1.54) is 6.61 Å².